The van der Waals surface area contributed by atoms with Crippen LogP contribution in [0.5, 0.6) is 0 Å². The van der Waals surface area contributed by atoms with Gasteiger partial charge in [-0.3, -0.25) is 4.79 Å². The third-order valence-corrected chi connectivity index (χ3v) is 4.36. The summed E-state index contributed by atoms with van der Waals surface area (Å²) in [7, 11) is 1.45. The molecular formula is C17H26O2S. The number of rotatable bonds is 11. The summed E-state index contributed by atoms with van der Waals surface area (Å²) in [6.45, 7) is 0. The van der Waals surface area contributed by atoms with E-state index in [0.717, 1.165) is 12.8 Å². The van der Waals surface area contributed by atoms with Crippen LogP contribution in [0.3, 0.4) is 0 Å². The van der Waals surface area contributed by atoms with Gasteiger partial charge in [-0.2, -0.15) is 0 Å². The van der Waals surface area contributed by atoms with Gasteiger partial charge in [-0.1, -0.05) is 50.3 Å². The van der Waals surface area contributed by atoms with Gasteiger partial charge in [-0.15, -0.1) is 11.8 Å². The molecule has 112 valence electrons. The summed E-state index contributed by atoms with van der Waals surface area (Å²) in [6.07, 6.45) is 9.14. The molecule has 0 amide bonds. The summed E-state index contributed by atoms with van der Waals surface area (Å²) in [5.74, 6) is 1.13. The Balaban J connectivity index is 1.82. The lowest BCUT2D eigenvalue weighted by molar-refractivity contribution is -0.140. The Morgan fingerprint density at radius 3 is 2.20 bits per heavy atom. The minimum atomic E-state index is -0.0806. The van der Waals surface area contributed by atoms with Gasteiger partial charge >= 0.3 is 5.97 Å². The van der Waals surface area contributed by atoms with Gasteiger partial charge in [0.2, 0.25) is 0 Å². The highest BCUT2D eigenvalue weighted by Crippen LogP contribution is 2.19. The van der Waals surface area contributed by atoms with Gasteiger partial charge in [-0.25, -0.2) is 0 Å². The van der Waals surface area contributed by atoms with E-state index < -0.39 is 0 Å². The third-order valence-electron chi connectivity index (χ3n) is 3.26. The molecule has 0 fully saturated rings. The first kappa shape index (κ1) is 17.1. The Hall–Kier alpha value is -0.960. The van der Waals surface area contributed by atoms with Gasteiger partial charge in [0, 0.05) is 11.3 Å². The summed E-state index contributed by atoms with van der Waals surface area (Å²) in [5, 5.41) is 0. The normalized spacial score (nSPS) is 10.4. The summed E-state index contributed by atoms with van der Waals surface area (Å²) in [6, 6.07) is 10.6. The Kier molecular flexibility index (Phi) is 10.1. The SMILES string of the molecule is COC(=O)CCCCCCCCCSc1ccccc1. The highest BCUT2D eigenvalue weighted by Gasteiger charge is 1.99. The van der Waals surface area contributed by atoms with E-state index in [-0.39, 0.29) is 5.97 Å². The number of unbranched alkanes of at least 4 members (excludes halogenated alkanes) is 6. The lowest BCUT2D eigenvalue weighted by Gasteiger charge is -2.03. The zero-order valence-corrected chi connectivity index (χ0v) is 13.3. The number of benzene rings is 1. The van der Waals surface area contributed by atoms with E-state index >= 15 is 0 Å². The van der Waals surface area contributed by atoms with Gasteiger partial charge in [-0.05, 0) is 30.7 Å². The van der Waals surface area contributed by atoms with E-state index in [1.807, 2.05) is 11.8 Å². The smallest absolute Gasteiger partial charge is 0.305 e. The minimum absolute atomic E-state index is 0.0806. The zero-order chi connectivity index (χ0) is 14.5. The van der Waals surface area contributed by atoms with Gasteiger partial charge in [0.1, 0.15) is 0 Å². The van der Waals surface area contributed by atoms with Crippen LogP contribution in [-0.2, 0) is 9.53 Å². The third kappa shape index (κ3) is 9.03. The number of hydrogen-bond acceptors (Lipinski definition) is 3. The van der Waals surface area contributed by atoms with Crippen LogP contribution in [0.1, 0.15) is 51.4 Å². The number of carbonyl (C=O) groups excluding carboxylic acids is 1. The quantitative estimate of drug-likeness (QED) is 0.324. The molecule has 0 atom stereocenters. The molecule has 0 bridgehead atoms. The van der Waals surface area contributed by atoms with Crippen LogP contribution in [0.25, 0.3) is 0 Å². The van der Waals surface area contributed by atoms with E-state index in [1.165, 1.54) is 49.9 Å². The standard InChI is InChI=1S/C17H26O2S/c1-19-17(18)14-10-5-3-2-4-6-11-15-20-16-12-8-7-9-13-16/h7-9,12-13H,2-6,10-11,14-15H2,1H3. The van der Waals surface area contributed by atoms with Crippen LogP contribution in [0, 0.1) is 0 Å². The number of methoxy groups -OCH3 is 1. The fraction of sp³-hybridized carbons (Fsp3) is 0.588. The first-order valence-electron chi connectivity index (χ1n) is 7.57. The predicted molar refractivity (Wildman–Crippen MR) is 86.1 cm³/mol. The molecule has 0 N–H and O–H groups in total. The first-order chi connectivity index (χ1) is 9.83. The van der Waals surface area contributed by atoms with Crippen molar-refractivity contribution >= 4 is 17.7 Å². The molecule has 0 radical (unpaired) electrons. The molecule has 0 unspecified atom stereocenters. The Labute approximate surface area is 127 Å². The fourth-order valence-corrected chi connectivity index (χ4v) is 3.00. The molecule has 0 saturated heterocycles. The van der Waals surface area contributed by atoms with Crippen molar-refractivity contribution in [3.63, 3.8) is 0 Å². The molecule has 20 heavy (non-hydrogen) atoms. The molecule has 0 aliphatic carbocycles. The van der Waals surface area contributed by atoms with Crippen LogP contribution in [0.2, 0.25) is 0 Å². The highest BCUT2D eigenvalue weighted by atomic mass is 32.2. The number of esters is 1. The average molecular weight is 294 g/mol. The van der Waals surface area contributed by atoms with Crippen LogP contribution in [0.4, 0.5) is 0 Å². The maximum atomic E-state index is 10.9. The molecule has 2 nitrogen and oxygen atoms in total. The Bertz CT molecular complexity index is 351. The number of carbonyl (C=O) groups is 1. The van der Waals surface area contributed by atoms with Crippen molar-refractivity contribution in [2.45, 2.75) is 56.3 Å². The molecule has 0 aliphatic rings. The fourth-order valence-electron chi connectivity index (χ4n) is 2.06. The summed E-state index contributed by atoms with van der Waals surface area (Å²) >= 11 is 1.95. The van der Waals surface area contributed by atoms with Crippen molar-refractivity contribution in [3.8, 4) is 0 Å². The molecule has 0 aliphatic heterocycles. The topological polar surface area (TPSA) is 26.3 Å². The van der Waals surface area contributed by atoms with E-state index in [4.69, 9.17) is 0 Å². The summed E-state index contributed by atoms with van der Waals surface area (Å²) in [4.78, 5) is 12.3. The maximum Gasteiger partial charge on any atom is 0.305 e. The monoisotopic (exact) mass is 294 g/mol. The van der Waals surface area contributed by atoms with Crippen LogP contribution < -0.4 is 0 Å². The van der Waals surface area contributed by atoms with Gasteiger partial charge < -0.3 is 4.74 Å². The van der Waals surface area contributed by atoms with Crippen molar-refractivity contribution < 1.29 is 9.53 Å². The van der Waals surface area contributed by atoms with Crippen molar-refractivity contribution in [1.82, 2.24) is 0 Å². The molecule has 0 saturated carbocycles. The van der Waals surface area contributed by atoms with E-state index in [0.29, 0.717) is 6.42 Å². The second-order valence-electron chi connectivity index (χ2n) is 4.96. The summed E-state index contributed by atoms with van der Waals surface area (Å²) < 4.78 is 4.62. The van der Waals surface area contributed by atoms with Gasteiger partial charge in [0.25, 0.3) is 0 Å². The highest BCUT2D eigenvalue weighted by molar-refractivity contribution is 7.99. The largest absolute Gasteiger partial charge is 0.469 e. The van der Waals surface area contributed by atoms with Crippen LogP contribution >= 0.6 is 11.8 Å². The predicted octanol–water partition coefficient (Wildman–Crippen LogP) is 5.07. The first-order valence-corrected chi connectivity index (χ1v) is 8.56. The Morgan fingerprint density at radius 1 is 0.950 bits per heavy atom. The van der Waals surface area contributed by atoms with Gasteiger partial charge in [0.05, 0.1) is 7.11 Å². The van der Waals surface area contributed by atoms with Crippen molar-refractivity contribution in [3.05, 3.63) is 30.3 Å². The molecule has 1 aromatic rings. The molecule has 1 rings (SSSR count). The van der Waals surface area contributed by atoms with Gasteiger partial charge in [0.15, 0.2) is 0 Å². The average Bonchev–Trinajstić information content (AvgIpc) is 2.50. The molecule has 1 aromatic carbocycles. The lowest BCUT2D eigenvalue weighted by Crippen LogP contribution is -1.99. The minimum Gasteiger partial charge on any atom is -0.469 e. The van der Waals surface area contributed by atoms with E-state index in [9.17, 15) is 4.79 Å². The number of ether oxygens (including phenoxy) is 1. The maximum absolute atomic E-state index is 10.9. The van der Waals surface area contributed by atoms with Crippen molar-refractivity contribution in [2.24, 2.45) is 0 Å². The molecule has 0 heterocycles. The van der Waals surface area contributed by atoms with E-state index in [1.54, 1.807) is 0 Å². The molecule has 0 spiro atoms. The summed E-state index contributed by atoms with van der Waals surface area (Å²) in [5.41, 5.74) is 0. The van der Waals surface area contributed by atoms with E-state index in [2.05, 4.69) is 35.1 Å². The molecule has 0 aromatic heterocycles. The zero-order valence-electron chi connectivity index (χ0n) is 12.5. The number of hydrogen-bond donors (Lipinski definition) is 0. The molecule has 3 heteroatoms. The Morgan fingerprint density at radius 2 is 1.55 bits per heavy atom. The second-order valence-corrected chi connectivity index (χ2v) is 6.13. The van der Waals surface area contributed by atoms with Crippen molar-refractivity contribution in [2.75, 3.05) is 12.9 Å². The van der Waals surface area contributed by atoms with Crippen LogP contribution in [-0.4, -0.2) is 18.8 Å². The number of thioether (sulfide) groups is 1. The van der Waals surface area contributed by atoms with Crippen LogP contribution in [0.15, 0.2) is 35.2 Å². The molecular weight excluding hydrogens is 268 g/mol. The second kappa shape index (κ2) is 11.8. The lowest BCUT2D eigenvalue weighted by atomic mass is 10.1. The van der Waals surface area contributed by atoms with Crippen molar-refractivity contribution in [1.29, 1.82) is 0 Å².